The molecule has 0 aliphatic rings. The maximum atomic E-state index is 4.74. The summed E-state index contributed by atoms with van der Waals surface area (Å²) in [4.78, 5) is 4.74. The molecule has 0 radical (unpaired) electrons. The molecule has 0 spiro atoms. The summed E-state index contributed by atoms with van der Waals surface area (Å²) in [6.07, 6.45) is 0. The van der Waals surface area contributed by atoms with Crippen LogP contribution in [0.15, 0.2) is 24.3 Å². The molecule has 1 N–H and O–H groups in total. The number of hydrogen-bond donors (Lipinski definition) is 1. The molecule has 0 saturated carbocycles. The zero-order chi connectivity index (χ0) is 14.0. The predicted octanol–water partition coefficient (Wildman–Crippen LogP) is 3.24. The molecule has 0 bridgehead atoms. The Bertz CT molecular complexity index is 550. The van der Waals surface area contributed by atoms with E-state index in [2.05, 4.69) is 62.0 Å². The fourth-order valence-electron chi connectivity index (χ4n) is 2.25. The van der Waals surface area contributed by atoms with E-state index < -0.39 is 0 Å². The van der Waals surface area contributed by atoms with Gasteiger partial charge in [-0.1, -0.05) is 38.1 Å². The third kappa shape index (κ3) is 2.71. The lowest BCUT2D eigenvalue weighted by Gasteiger charge is -2.06. The van der Waals surface area contributed by atoms with Crippen LogP contribution in [0.5, 0.6) is 0 Å². The van der Waals surface area contributed by atoms with E-state index in [-0.39, 0.29) is 0 Å². The van der Waals surface area contributed by atoms with E-state index in [0.29, 0.717) is 5.92 Å². The number of imidazole rings is 1. The zero-order valence-electron chi connectivity index (χ0n) is 12.5. The van der Waals surface area contributed by atoms with Crippen LogP contribution in [0.2, 0.25) is 0 Å². The summed E-state index contributed by atoms with van der Waals surface area (Å²) in [7, 11) is 4.02. The van der Waals surface area contributed by atoms with E-state index in [1.165, 1.54) is 16.8 Å². The highest BCUT2D eigenvalue weighted by Gasteiger charge is 2.12. The first-order valence-corrected chi connectivity index (χ1v) is 6.81. The van der Waals surface area contributed by atoms with E-state index in [4.69, 9.17) is 4.98 Å². The van der Waals surface area contributed by atoms with Gasteiger partial charge >= 0.3 is 0 Å². The zero-order valence-corrected chi connectivity index (χ0v) is 12.5. The van der Waals surface area contributed by atoms with Gasteiger partial charge in [0.15, 0.2) is 0 Å². The van der Waals surface area contributed by atoms with Crippen molar-refractivity contribution in [3.05, 3.63) is 41.3 Å². The van der Waals surface area contributed by atoms with Crippen molar-refractivity contribution >= 4 is 0 Å². The topological polar surface area (TPSA) is 29.9 Å². The lowest BCUT2D eigenvalue weighted by molar-refractivity contribution is 0.701. The minimum atomic E-state index is 0.568. The molecule has 2 rings (SSSR count). The van der Waals surface area contributed by atoms with Gasteiger partial charge in [-0.15, -0.1) is 0 Å². The van der Waals surface area contributed by atoms with Crippen molar-refractivity contribution in [1.82, 2.24) is 14.9 Å². The van der Waals surface area contributed by atoms with Crippen LogP contribution in [0.4, 0.5) is 0 Å². The molecule has 0 aliphatic carbocycles. The van der Waals surface area contributed by atoms with E-state index >= 15 is 0 Å². The lowest BCUT2D eigenvalue weighted by Crippen LogP contribution is -2.10. The average molecular weight is 257 g/mol. The molecule has 1 aromatic carbocycles. The van der Waals surface area contributed by atoms with Crippen LogP contribution in [0.25, 0.3) is 11.3 Å². The van der Waals surface area contributed by atoms with Gasteiger partial charge in [-0.25, -0.2) is 4.98 Å². The Morgan fingerprint density at radius 2 is 1.84 bits per heavy atom. The van der Waals surface area contributed by atoms with Gasteiger partial charge in [0.1, 0.15) is 5.82 Å². The third-order valence-electron chi connectivity index (χ3n) is 3.66. The maximum absolute atomic E-state index is 4.74. The second-order valence-electron chi connectivity index (χ2n) is 5.33. The molecule has 3 nitrogen and oxygen atoms in total. The number of benzene rings is 1. The Kier molecular flexibility index (Phi) is 4.05. The third-order valence-corrected chi connectivity index (χ3v) is 3.66. The predicted molar refractivity (Wildman–Crippen MR) is 80.2 cm³/mol. The molecular weight excluding hydrogens is 234 g/mol. The molecule has 0 unspecified atom stereocenters. The van der Waals surface area contributed by atoms with Crippen molar-refractivity contribution in [3.63, 3.8) is 0 Å². The van der Waals surface area contributed by atoms with E-state index in [0.717, 1.165) is 18.1 Å². The summed E-state index contributed by atoms with van der Waals surface area (Å²) >= 11 is 0. The highest BCUT2D eigenvalue weighted by atomic mass is 15.1. The van der Waals surface area contributed by atoms with Crippen molar-refractivity contribution in [1.29, 1.82) is 0 Å². The second-order valence-corrected chi connectivity index (χ2v) is 5.33. The summed E-state index contributed by atoms with van der Waals surface area (Å²) in [5, 5.41) is 3.16. The minimum absolute atomic E-state index is 0.568. The van der Waals surface area contributed by atoms with Crippen molar-refractivity contribution in [2.24, 2.45) is 7.05 Å². The van der Waals surface area contributed by atoms with Crippen LogP contribution in [0, 0.1) is 6.92 Å². The van der Waals surface area contributed by atoms with E-state index in [1.54, 1.807) is 0 Å². The summed E-state index contributed by atoms with van der Waals surface area (Å²) < 4.78 is 2.15. The summed E-state index contributed by atoms with van der Waals surface area (Å²) in [6.45, 7) is 7.34. The molecule has 19 heavy (non-hydrogen) atoms. The Hall–Kier alpha value is -1.61. The first-order chi connectivity index (χ1) is 9.04. The molecule has 2 aromatic rings. The number of nitrogens with one attached hydrogen (secondary N) is 1. The average Bonchev–Trinajstić information content (AvgIpc) is 2.68. The van der Waals surface area contributed by atoms with Crippen LogP contribution >= 0.6 is 0 Å². The molecule has 1 aromatic heterocycles. The molecule has 0 saturated heterocycles. The number of nitrogens with zero attached hydrogens (tertiary/aromatic N) is 2. The monoisotopic (exact) mass is 257 g/mol. The van der Waals surface area contributed by atoms with Crippen molar-refractivity contribution < 1.29 is 0 Å². The van der Waals surface area contributed by atoms with E-state index in [9.17, 15) is 0 Å². The smallest absolute Gasteiger partial charge is 0.123 e. The van der Waals surface area contributed by atoms with Gasteiger partial charge in [0, 0.05) is 18.3 Å². The molecule has 0 amide bonds. The standard InChI is InChI=1S/C16H23N3/c1-11(2)13-6-8-14(9-7-13)16-12(3)19(5)15(18-16)10-17-4/h6-9,11,17H,10H2,1-5H3. The van der Waals surface area contributed by atoms with Crippen LogP contribution in [0.3, 0.4) is 0 Å². The fourth-order valence-corrected chi connectivity index (χ4v) is 2.25. The molecule has 0 atom stereocenters. The van der Waals surface area contributed by atoms with Crippen molar-refractivity contribution in [3.8, 4) is 11.3 Å². The Morgan fingerprint density at radius 1 is 1.21 bits per heavy atom. The van der Waals surface area contributed by atoms with E-state index in [1.807, 2.05) is 7.05 Å². The summed E-state index contributed by atoms with van der Waals surface area (Å²) in [5.74, 6) is 1.64. The first kappa shape index (κ1) is 13.8. The van der Waals surface area contributed by atoms with Gasteiger partial charge in [-0.05, 0) is 25.5 Å². The van der Waals surface area contributed by atoms with Gasteiger partial charge in [0.25, 0.3) is 0 Å². The molecule has 102 valence electrons. The molecule has 0 aliphatic heterocycles. The van der Waals surface area contributed by atoms with Gasteiger partial charge in [-0.2, -0.15) is 0 Å². The largest absolute Gasteiger partial charge is 0.334 e. The van der Waals surface area contributed by atoms with Gasteiger partial charge in [-0.3, -0.25) is 0 Å². The van der Waals surface area contributed by atoms with Crippen LogP contribution in [-0.4, -0.2) is 16.6 Å². The molecule has 0 fully saturated rings. The van der Waals surface area contributed by atoms with Crippen molar-refractivity contribution in [2.45, 2.75) is 33.2 Å². The maximum Gasteiger partial charge on any atom is 0.123 e. The van der Waals surface area contributed by atoms with Crippen LogP contribution < -0.4 is 5.32 Å². The lowest BCUT2D eigenvalue weighted by atomic mass is 10.0. The molecule has 3 heteroatoms. The SMILES string of the molecule is CNCc1nc(-c2ccc(C(C)C)cc2)c(C)n1C. The Balaban J connectivity index is 2.38. The van der Waals surface area contributed by atoms with Crippen LogP contribution in [-0.2, 0) is 13.6 Å². The Labute approximate surface area is 115 Å². The number of rotatable bonds is 4. The fraction of sp³-hybridized carbons (Fsp3) is 0.438. The van der Waals surface area contributed by atoms with Crippen molar-refractivity contribution in [2.75, 3.05) is 7.05 Å². The highest BCUT2D eigenvalue weighted by molar-refractivity contribution is 5.62. The van der Waals surface area contributed by atoms with Gasteiger partial charge < -0.3 is 9.88 Å². The summed E-state index contributed by atoms with van der Waals surface area (Å²) in [6, 6.07) is 8.75. The highest BCUT2D eigenvalue weighted by Crippen LogP contribution is 2.25. The summed E-state index contributed by atoms with van der Waals surface area (Å²) in [5.41, 5.74) is 4.86. The number of hydrogen-bond acceptors (Lipinski definition) is 2. The van der Waals surface area contributed by atoms with Gasteiger partial charge in [0.2, 0.25) is 0 Å². The first-order valence-electron chi connectivity index (χ1n) is 6.81. The quantitative estimate of drug-likeness (QED) is 0.911. The molecule has 1 heterocycles. The van der Waals surface area contributed by atoms with Crippen LogP contribution in [0.1, 0.15) is 36.8 Å². The molecular formula is C16H23N3. The number of aromatic nitrogens is 2. The Morgan fingerprint density at radius 3 is 2.37 bits per heavy atom. The second kappa shape index (κ2) is 5.57. The minimum Gasteiger partial charge on any atom is -0.334 e. The van der Waals surface area contributed by atoms with Gasteiger partial charge in [0.05, 0.1) is 12.2 Å². The normalized spacial score (nSPS) is 11.3.